The number of hydrogen-bond donors (Lipinski definition) is 2. The molecule has 0 radical (unpaired) electrons. The summed E-state index contributed by atoms with van der Waals surface area (Å²) >= 11 is 0. The maximum Gasteiger partial charge on any atom is 0.416 e. The molecule has 1 amide bonds. The molecule has 0 spiro atoms. The van der Waals surface area contributed by atoms with Crippen LogP contribution >= 0.6 is 0 Å². The highest BCUT2D eigenvalue weighted by Crippen LogP contribution is 2.30. The number of nitrogens with one attached hydrogen (secondary N) is 2. The Hall–Kier alpha value is -1.61. The van der Waals surface area contributed by atoms with Crippen molar-refractivity contribution in [2.24, 2.45) is 17.8 Å². The van der Waals surface area contributed by atoms with E-state index in [0.29, 0.717) is 0 Å². The minimum absolute atomic E-state index is 0.105. The van der Waals surface area contributed by atoms with Gasteiger partial charge in [0.25, 0.3) is 0 Å². The molecule has 1 aromatic carbocycles. The number of hydrogen-bond acceptors (Lipinski definition) is 3. The minimum atomic E-state index is -4.43. The lowest BCUT2D eigenvalue weighted by Crippen LogP contribution is -2.38. The summed E-state index contributed by atoms with van der Waals surface area (Å²) in [6.45, 7) is 8.75. The van der Waals surface area contributed by atoms with Crippen LogP contribution in [0.25, 0.3) is 0 Å². The third-order valence-electron chi connectivity index (χ3n) is 4.81. The Balaban J connectivity index is 2.66. The Bertz CT molecular complexity index is 731. The summed E-state index contributed by atoms with van der Waals surface area (Å²) < 4.78 is 63.9. The van der Waals surface area contributed by atoms with Crippen LogP contribution in [0.2, 0.25) is 0 Å². The van der Waals surface area contributed by atoms with Crippen molar-refractivity contribution in [2.75, 3.05) is 11.9 Å². The van der Waals surface area contributed by atoms with Crippen LogP contribution in [0.5, 0.6) is 0 Å². The van der Waals surface area contributed by atoms with E-state index >= 15 is 0 Å². The van der Waals surface area contributed by atoms with E-state index in [1.807, 2.05) is 13.8 Å². The van der Waals surface area contributed by atoms with Crippen molar-refractivity contribution in [2.45, 2.75) is 46.0 Å². The fraction of sp³-hybridized carbons (Fsp3) is 0.611. The van der Waals surface area contributed by atoms with Gasteiger partial charge in [-0.1, -0.05) is 20.8 Å². The highest BCUT2D eigenvalue weighted by Gasteiger charge is 2.30. The van der Waals surface area contributed by atoms with Gasteiger partial charge in [0, 0.05) is 18.2 Å². The first-order valence-corrected chi connectivity index (χ1v) is 10.3. The first kappa shape index (κ1) is 23.4. The van der Waals surface area contributed by atoms with Gasteiger partial charge in [-0.3, -0.25) is 4.79 Å². The molecule has 5 nitrogen and oxygen atoms in total. The van der Waals surface area contributed by atoms with E-state index in [4.69, 9.17) is 0 Å². The first-order valence-electron chi connectivity index (χ1n) is 8.72. The maximum atomic E-state index is 12.6. The third-order valence-corrected chi connectivity index (χ3v) is 6.62. The summed E-state index contributed by atoms with van der Waals surface area (Å²) in [6, 6.07) is 4.23. The molecule has 0 fully saturated rings. The van der Waals surface area contributed by atoms with Gasteiger partial charge < -0.3 is 5.32 Å². The van der Waals surface area contributed by atoms with E-state index in [2.05, 4.69) is 10.0 Å². The van der Waals surface area contributed by atoms with Gasteiger partial charge in [0.15, 0.2) is 0 Å². The zero-order chi connectivity index (χ0) is 21.0. The first-order chi connectivity index (χ1) is 12.3. The number of carbonyl (C=O) groups is 1. The zero-order valence-electron chi connectivity index (χ0n) is 16.1. The van der Waals surface area contributed by atoms with E-state index in [9.17, 15) is 26.4 Å². The number of alkyl halides is 3. The Kier molecular flexibility index (Phi) is 7.86. The van der Waals surface area contributed by atoms with E-state index in [1.54, 1.807) is 20.8 Å². The lowest BCUT2D eigenvalue weighted by atomic mass is 9.84. The number of sulfonamides is 1. The zero-order valence-corrected chi connectivity index (χ0v) is 16.9. The fourth-order valence-electron chi connectivity index (χ4n) is 2.33. The molecule has 9 heteroatoms. The van der Waals surface area contributed by atoms with Gasteiger partial charge in [0.05, 0.1) is 10.8 Å². The van der Waals surface area contributed by atoms with Crippen LogP contribution in [0.4, 0.5) is 18.9 Å². The molecule has 0 saturated carbocycles. The summed E-state index contributed by atoms with van der Waals surface area (Å²) in [6.07, 6.45) is -4.43. The van der Waals surface area contributed by atoms with Gasteiger partial charge in [0.2, 0.25) is 15.9 Å². The lowest BCUT2D eigenvalue weighted by Gasteiger charge is -2.26. The Morgan fingerprint density at radius 3 is 2.00 bits per heavy atom. The quantitative estimate of drug-likeness (QED) is 0.685. The Labute approximate surface area is 158 Å². The maximum absolute atomic E-state index is 12.6. The average molecular weight is 408 g/mol. The van der Waals surface area contributed by atoms with Gasteiger partial charge >= 0.3 is 6.18 Å². The summed E-state index contributed by atoms with van der Waals surface area (Å²) in [4.78, 5) is 12.4. The van der Waals surface area contributed by atoms with Crippen molar-refractivity contribution in [1.29, 1.82) is 0 Å². The highest BCUT2D eigenvalue weighted by atomic mass is 32.2. The number of amides is 1. The molecule has 0 aliphatic rings. The molecule has 1 aromatic rings. The molecule has 1 rings (SSSR count). The lowest BCUT2D eigenvalue weighted by molar-refractivity contribution is -0.137. The molecule has 0 aliphatic heterocycles. The van der Waals surface area contributed by atoms with Crippen molar-refractivity contribution in [1.82, 2.24) is 4.72 Å². The van der Waals surface area contributed by atoms with Crippen LogP contribution in [0.3, 0.4) is 0 Å². The molecule has 0 saturated heterocycles. The van der Waals surface area contributed by atoms with Gasteiger partial charge in [-0.15, -0.1) is 0 Å². The number of anilines is 1. The smallest absolute Gasteiger partial charge is 0.326 e. The van der Waals surface area contributed by atoms with Crippen LogP contribution in [-0.2, 0) is 21.0 Å². The summed E-state index contributed by atoms with van der Waals surface area (Å²) in [5.74, 6) is -1.03. The second kappa shape index (κ2) is 9.05. The molecule has 0 heterocycles. The van der Waals surface area contributed by atoms with Crippen LogP contribution in [-0.4, -0.2) is 26.1 Å². The molecule has 27 heavy (non-hydrogen) atoms. The normalized spacial score (nSPS) is 16.0. The second-order valence-corrected chi connectivity index (χ2v) is 9.45. The van der Waals surface area contributed by atoms with E-state index < -0.39 is 32.9 Å². The molecule has 3 unspecified atom stereocenters. The van der Waals surface area contributed by atoms with Crippen molar-refractivity contribution in [3.8, 4) is 0 Å². The predicted octanol–water partition coefficient (Wildman–Crippen LogP) is 3.88. The van der Waals surface area contributed by atoms with E-state index in [-0.39, 0.29) is 30.0 Å². The number of rotatable bonds is 8. The molecule has 154 valence electrons. The van der Waals surface area contributed by atoms with Gasteiger partial charge in [-0.25, -0.2) is 13.1 Å². The molecule has 3 atom stereocenters. The molecule has 0 aliphatic carbocycles. The van der Waals surface area contributed by atoms with Crippen LogP contribution in [0.1, 0.15) is 40.2 Å². The molecular weight excluding hydrogens is 381 g/mol. The third kappa shape index (κ3) is 6.80. The average Bonchev–Trinajstić information content (AvgIpc) is 2.57. The number of benzene rings is 1. The van der Waals surface area contributed by atoms with Crippen LogP contribution in [0, 0.1) is 17.8 Å². The highest BCUT2D eigenvalue weighted by molar-refractivity contribution is 7.90. The largest absolute Gasteiger partial charge is 0.416 e. The van der Waals surface area contributed by atoms with Gasteiger partial charge in [0.1, 0.15) is 0 Å². The summed E-state index contributed by atoms with van der Waals surface area (Å²) in [5, 5.41) is 2.06. The molecule has 2 N–H and O–H groups in total. The van der Waals surface area contributed by atoms with Crippen molar-refractivity contribution < 1.29 is 26.4 Å². The SMILES string of the molecule is CC(CNS(=O)(=O)C(C)C)C(C)C(C)C(=O)Nc1ccc(C(F)(F)F)cc1. The molecule has 0 bridgehead atoms. The summed E-state index contributed by atoms with van der Waals surface area (Å²) in [7, 11) is -3.38. The van der Waals surface area contributed by atoms with Crippen LogP contribution < -0.4 is 10.0 Å². The van der Waals surface area contributed by atoms with E-state index in [0.717, 1.165) is 12.1 Å². The van der Waals surface area contributed by atoms with Crippen LogP contribution in [0.15, 0.2) is 24.3 Å². The Morgan fingerprint density at radius 2 is 1.56 bits per heavy atom. The fourth-order valence-corrected chi connectivity index (χ4v) is 3.16. The monoisotopic (exact) mass is 408 g/mol. The number of carbonyl (C=O) groups excluding carboxylic acids is 1. The van der Waals surface area contributed by atoms with Gasteiger partial charge in [-0.2, -0.15) is 13.2 Å². The van der Waals surface area contributed by atoms with Crippen molar-refractivity contribution in [3.63, 3.8) is 0 Å². The predicted molar refractivity (Wildman–Crippen MR) is 99.6 cm³/mol. The number of halogens is 3. The molecule has 0 aromatic heterocycles. The van der Waals surface area contributed by atoms with Crippen molar-refractivity contribution in [3.05, 3.63) is 29.8 Å². The van der Waals surface area contributed by atoms with Gasteiger partial charge in [-0.05, 0) is 49.9 Å². The minimum Gasteiger partial charge on any atom is -0.326 e. The standard InChI is InChI=1S/C18H27F3N2O3S/c1-11(2)27(25,26)22-10-12(3)13(4)14(5)17(24)23-16-8-6-15(7-9-16)18(19,20)21/h6-9,11-14,22H,10H2,1-5H3,(H,23,24). The summed E-state index contributed by atoms with van der Waals surface area (Å²) in [5.41, 5.74) is -0.506. The van der Waals surface area contributed by atoms with E-state index in [1.165, 1.54) is 12.1 Å². The second-order valence-electron chi connectivity index (χ2n) is 7.13. The Morgan fingerprint density at radius 1 is 1.04 bits per heavy atom. The van der Waals surface area contributed by atoms with Crippen molar-refractivity contribution >= 4 is 21.6 Å². The topological polar surface area (TPSA) is 75.3 Å². The molecular formula is C18H27F3N2O3S.